The van der Waals surface area contributed by atoms with Gasteiger partial charge in [-0.3, -0.25) is 0 Å². The fourth-order valence-corrected chi connectivity index (χ4v) is 9.21. The van der Waals surface area contributed by atoms with Crippen molar-refractivity contribution in [3.05, 3.63) is 200 Å². The van der Waals surface area contributed by atoms with Crippen LogP contribution >= 0.6 is 11.3 Å². The summed E-state index contributed by atoms with van der Waals surface area (Å²) in [5.41, 5.74) is 11.4. The summed E-state index contributed by atoms with van der Waals surface area (Å²) in [5, 5.41) is 7.20. The van der Waals surface area contributed by atoms with E-state index in [1.807, 2.05) is 23.5 Å². The highest BCUT2D eigenvalue weighted by Gasteiger charge is 2.18. The molecule has 9 aromatic carbocycles. The Bertz CT molecular complexity index is 3230. The van der Waals surface area contributed by atoms with Gasteiger partial charge in [0.25, 0.3) is 0 Å². The molecule has 0 amide bonds. The lowest BCUT2D eigenvalue weighted by molar-refractivity contribution is 1.29. The summed E-state index contributed by atoms with van der Waals surface area (Å²) in [7, 11) is 0. The molecule has 0 fully saturated rings. The van der Waals surface area contributed by atoms with E-state index in [0.29, 0.717) is 0 Å². The van der Waals surface area contributed by atoms with Crippen molar-refractivity contribution in [3.63, 3.8) is 0 Å². The van der Waals surface area contributed by atoms with Crippen molar-refractivity contribution >= 4 is 81.1 Å². The fraction of sp³-hybridized carbons (Fsp3) is 0. The molecule has 11 rings (SSSR count). The zero-order valence-corrected chi connectivity index (χ0v) is 31.1. The molecule has 0 unspecified atom stereocenters. The van der Waals surface area contributed by atoms with Crippen LogP contribution in [0, 0.1) is 0 Å². The van der Waals surface area contributed by atoms with Crippen LogP contribution in [0.2, 0.25) is 0 Å². The molecule has 0 saturated heterocycles. The van der Waals surface area contributed by atoms with E-state index in [1.165, 1.54) is 42.1 Å². The molecule has 3 nitrogen and oxygen atoms in total. The van der Waals surface area contributed by atoms with Gasteiger partial charge in [-0.15, -0.1) is 11.3 Å². The molecule has 4 heteroatoms. The quantitative estimate of drug-likeness (QED) is 0.159. The number of hydrogen-bond donors (Lipinski definition) is 0. The van der Waals surface area contributed by atoms with Crippen LogP contribution in [0.15, 0.2) is 200 Å². The molecule has 0 radical (unpaired) electrons. The summed E-state index contributed by atoms with van der Waals surface area (Å²) in [6, 6.07) is 71.4. The SMILES string of the molecule is c1ccc(-c2nc3ccc4ccc5cc(-c6ccc(N(c7ccccc7)c7ccc8sc9ccccc9c8c7)cc6)ccc5c4c3nc2-c2ccccc2)cc1. The van der Waals surface area contributed by atoms with Gasteiger partial charge in [0.15, 0.2) is 0 Å². The summed E-state index contributed by atoms with van der Waals surface area (Å²) < 4.78 is 2.62. The Morgan fingerprint density at radius 3 is 1.71 bits per heavy atom. The third kappa shape index (κ3) is 5.50. The number of benzene rings is 9. The molecule has 0 aliphatic carbocycles. The maximum Gasteiger partial charge on any atom is 0.0979 e. The first-order valence-electron chi connectivity index (χ1n) is 18.9. The molecule has 0 spiro atoms. The maximum atomic E-state index is 5.42. The topological polar surface area (TPSA) is 29.0 Å². The van der Waals surface area contributed by atoms with Crippen molar-refractivity contribution in [2.75, 3.05) is 4.90 Å². The minimum Gasteiger partial charge on any atom is -0.310 e. The summed E-state index contributed by atoms with van der Waals surface area (Å²) in [4.78, 5) is 13.0. The first-order chi connectivity index (χ1) is 27.7. The van der Waals surface area contributed by atoms with E-state index in [1.54, 1.807) is 0 Å². The van der Waals surface area contributed by atoms with Crippen LogP contribution < -0.4 is 4.90 Å². The molecule has 0 aliphatic rings. The smallest absolute Gasteiger partial charge is 0.0979 e. The zero-order chi connectivity index (χ0) is 37.0. The number of fused-ring (bicyclic) bond motifs is 8. The van der Waals surface area contributed by atoms with Gasteiger partial charge in [0, 0.05) is 53.7 Å². The van der Waals surface area contributed by atoms with Crippen molar-refractivity contribution in [3.8, 4) is 33.6 Å². The largest absolute Gasteiger partial charge is 0.310 e. The lowest BCUT2D eigenvalue weighted by Crippen LogP contribution is -2.09. The molecule has 262 valence electrons. The Morgan fingerprint density at radius 1 is 0.357 bits per heavy atom. The molecule has 0 aliphatic heterocycles. The highest BCUT2D eigenvalue weighted by molar-refractivity contribution is 7.25. The summed E-state index contributed by atoms with van der Waals surface area (Å²) in [6.45, 7) is 0. The first kappa shape index (κ1) is 32.3. The molecule has 2 aromatic heterocycles. The van der Waals surface area contributed by atoms with E-state index in [4.69, 9.17) is 9.97 Å². The van der Waals surface area contributed by atoms with Gasteiger partial charge in [0.05, 0.1) is 22.4 Å². The molecular weight excluding hydrogens is 699 g/mol. The van der Waals surface area contributed by atoms with Crippen molar-refractivity contribution in [1.82, 2.24) is 9.97 Å². The van der Waals surface area contributed by atoms with Gasteiger partial charge in [-0.2, -0.15) is 0 Å². The van der Waals surface area contributed by atoms with E-state index in [0.717, 1.165) is 61.4 Å². The van der Waals surface area contributed by atoms with E-state index >= 15 is 0 Å². The normalized spacial score (nSPS) is 11.6. The van der Waals surface area contributed by atoms with Crippen LogP contribution in [0.1, 0.15) is 0 Å². The van der Waals surface area contributed by atoms with Gasteiger partial charge in [0.2, 0.25) is 0 Å². The number of anilines is 3. The highest BCUT2D eigenvalue weighted by Crippen LogP contribution is 2.42. The Kier molecular flexibility index (Phi) is 7.68. The molecule has 0 bridgehead atoms. The average Bonchev–Trinajstić information content (AvgIpc) is 3.65. The Morgan fingerprint density at radius 2 is 0.946 bits per heavy atom. The summed E-state index contributed by atoms with van der Waals surface area (Å²) >= 11 is 1.85. The second kappa shape index (κ2) is 13.3. The van der Waals surface area contributed by atoms with Crippen LogP contribution in [0.3, 0.4) is 0 Å². The van der Waals surface area contributed by atoms with E-state index in [-0.39, 0.29) is 0 Å². The van der Waals surface area contributed by atoms with E-state index in [2.05, 4.69) is 193 Å². The van der Waals surface area contributed by atoms with E-state index in [9.17, 15) is 0 Å². The monoisotopic (exact) mass is 731 g/mol. The lowest BCUT2D eigenvalue weighted by atomic mass is 9.96. The molecule has 0 saturated carbocycles. The van der Waals surface area contributed by atoms with Crippen LogP contribution in [-0.2, 0) is 0 Å². The fourth-order valence-electron chi connectivity index (χ4n) is 8.12. The number of para-hydroxylation sites is 1. The Balaban J connectivity index is 1.01. The minimum atomic E-state index is 0.887. The molecule has 56 heavy (non-hydrogen) atoms. The van der Waals surface area contributed by atoms with Crippen molar-refractivity contribution in [2.45, 2.75) is 0 Å². The standard InChI is InChI=1S/C52H33N3S/c1-4-12-36(13-5-1)50-51(37-14-6-2-7-15-37)54-52-46(53-50)30-25-35-20-21-39-32-38(24-29-43(39)49(35)52)34-22-26-41(27-23-34)55(40-16-8-3-9-17-40)42-28-31-48-45(33-42)44-18-10-11-19-47(44)56-48/h1-33H. The molecular formula is C52H33N3S. The predicted molar refractivity (Wildman–Crippen MR) is 238 cm³/mol. The van der Waals surface area contributed by atoms with Gasteiger partial charge in [0.1, 0.15) is 0 Å². The molecule has 11 aromatic rings. The lowest BCUT2D eigenvalue weighted by Gasteiger charge is -2.26. The maximum absolute atomic E-state index is 5.42. The van der Waals surface area contributed by atoms with Crippen LogP contribution in [0.5, 0.6) is 0 Å². The third-order valence-electron chi connectivity index (χ3n) is 10.8. The van der Waals surface area contributed by atoms with Crippen molar-refractivity contribution in [1.29, 1.82) is 0 Å². The van der Waals surface area contributed by atoms with Gasteiger partial charge in [-0.25, -0.2) is 9.97 Å². The van der Waals surface area contributed by atoms with Gasteiger partial charge in [-0.1, -0.05) is 140 Å². The second-order valence-corrected chi connectivity index (χ2v) is 15.3. The number of hydrogen-bond acceptors (Lipinski definition) is 4. The van der Waals surface area contributed by atoms with Crippen LogP contribution in [0.4, 0.5) is 17.1 Å². The molecule has 2 heterocycles. The predicted octanol–water partition coefficient (Wildman–Crippen LogP) is 14.8. The zero-order valence-electron chi connectivity index (χ0n) is 30.3. The minimum absolute atomic E-state index is 0.887. The number of thiophene rings is 1. The van der Waals surface area contributed by atoms with E-state index < -0.39 is 0 Å². The number of nitrogens with zero attached hydrogens (tertiary/aromatic N) is 3. The number of aromatic nitrogens is 2. The Hall–Kier alpha value is -7.14. The van der Waals surface area contributed by atoms with Crippen LogP contribution in [0.25, 0.3) is 86.4 Å². The third-order valence-corrected chi connectivity index (χ3v) is 12.0. The van der Waals surface area contributed by atoms with Gasteiger partial charge >= 0.3 is 0 Å². The van der Waals surface area contributed by atoms with Crippen LogP contribution in [-0.4, -0.2) is 9.97 Å². The van der Waals surface area contributed by atoms with Crippen molar-refractivity contribution < 1.29 is 0 Å². The second-order valence-electron chi connectivity index (χ2n) is 14.2. The van der Waals surface area contributed by atoms with Crippen molar-refractivity contribution in [2.24, 2.45) is 0 Å². The Labute approximate surface area is 328 Å². The highest BCUT2D eigenvalue weighted by atomic mass is 32.1. The first-order valence-corrected chi connectivity index (χ1v) is 19.7. The van der Waals surface area contributed by atoms with Gasteiger partial charge < -0.3 is 4.90 Å². The number of rotatable bonds is 6. The molecule has 0 N–H and O–H groups in total. The molecule has 0 atom stereocenters. The summed E-state index contributed by atoms with van der Waals surface area (Å²) in [6.07, 6.45) is 0. The summed E-state index contributed by atoms with van der Waals surface area (Å²) in [5.74, 6) is 0. The van der Waals surface area contributed by atoms with Gasteiger partial charge in [-0.05, 0) is 87.9 Å². The average molecular weight is 732 g/mol.